The summed E-state index contributed by atoms with van der Waals surface area (Å²) in [6.07, 6.45) is -4.31. The van der Waals surface area contributed by atoms with Crippen LogP contribution in [0.1, 0.15) is 36.6 Å². The number of aromatic nitrogens is 1. The van der Waals surface area contributed by atoms with Crippen molar-refractivity contribution in [1.82, 2.24) is 4.98 Å². The second-order valence-corrected chi connectivity index (χ2v) is 4.74. The van der Waals surface area contributed by atoms with E-state index in [1.165, 1.54) is 12.1 Å². The largest absolute Gasteiger partial charge is 0.416 e. The van der Waals surface area contributed by atoms with Crippen molar-refractivity contribution in [2.75, 3.05) is 0 Å². The molecule has 0 aliphatic heterocycles. The molecule has 0 bridgehead atoms. The molecule has 0 aliphatic carbocycles. The summed E-state index contributed by atoms with van der Waals surface area (Å²) >= 11 is 0. The number of halogens is 3. The molecule has 4 heteroatoms. The number of hydrogen-bond donors (Lipinski definition) is 0. The number of aryl methyl sites for hydroxylation is 1. The standard InChI is InChI=1S/C14H14F3N/c1-8(2)11-6-9(3)18-13-5-4-10(7-12(11)13)14(15,16)17/h4-8H,1-3H3. The van der Waals surface area contributed by atoms with Gasteiger partial charge in [0.1, 0.15) is 0 Å². The molecule has 1 aromatic carbocycles. The summed E-state index contributed by atoms with van der Waals surface area (Å²) in [5.41, 5.74) is 1.73. The van der Waals surface area contributed by atoms with Crippen LogP contribution < -0.4 is 0 Å². The maximum absolute atomic E-state index is 12.7. The van der Waals surface area contributed by atoms with Gasteiger partial charge in [0.15, 0.2) is 0 Å². The lowest BCUT2D eigenvalue weighted by Gasteiger charge is -2.13. The minimum atomic E-state index is -4.31. The van der Waals surface area contributed by atoms with Crippen molar-refractivity contribution in [3.05, 3.63) is 41.1 Å². The molecule has 1 aromatic heterocycles. The van der Waals surface area contributed by atoms with E-state index in [0.717, 1.165) is 17.3 Å². The van der Waals surface area contributed by atoms with Crippen LogP contribution in [0.3, 0.4) is 0 Å². The smallest absolute Gasteiger partial charge is 0.253 e. The van der Waals surface area contributed by atoms with Crippen molar-refractivity contribution in [3.63, 3.8) is 0 Å². The molecule has 0 saturated heterocycles. The van der Waals surface area contributed by atoms with Crippen molar-refractivity contribution in [2.45, 2.75) is 32.9 Å². The molecule has 1 heterocycles. The highest BCUT2D eigenvalue weighted by Crippen LogP contribution is 2.33. The highest BCUT2D eigenvalue weighted by atomic mass is 19.4. The molecule has 0 amide bonds. The van der Waals surface area contributed by atoms with E-state index in [0.29, 0.717) is 10.9 Å². The Balaban J connectivity index is 2.75. The van der Waals surface area contributed by atoms with Crippen LogP contribution in [0.4, 0.5) is 13.2 Å². The molecule has 0 saturated carbocycles. The molecule has 2 rings (SSSR count). The van der Waals surface area contributed by atoms with Gasteiger partial charge in [-0.1, -0.05) is 13.8 Å². The van der Waals surface area contributed by atoms with E-state index in [4.69, 9.17) is 0 Å². The summed E-state index contributed by atoms with van der Waals surface area (Å²) in [5, 5.41) is 0.588. The van der Waals surface area contributed by atoms with E-state index in [1.54, 1.807) is 0 Å². The SMILES string of the molecule is Cc1cc(C(C)C)c2cc(C(F)(F)F)ccc2n1. The zero-order valence-corrected chi connectivity index (χ0v) is 10.5. The molecular formula is C14H14F3N. The monoisotopic (exact) mass is 253 g/mol. The fraction of sp³-hybridized carbons (Fsp3) is 0.357. The lowest BCUT2D eigenvalue weighted by atomic mass is 9.96. The quantitative estimate of drug-likeness (QED) is 0.718. The molecule has 0 fully saturated rings. The Kier molecular flexibility index (Phi) is 3.05. The Morgan fingerprint density at radius 2 is 1.78 bits per heavy atom. The first kappa shape index (κ1) is 12.9. The second-order valence-electron chi connectivity index (χ2n) is 4.74. The van der Waals surface area contributed by atoms with Crippen LogP contribution in [-0.4, -0.2) is 4.98 Å². The fourth-order valence-electron chi connectivity index (χ4n) is 2.04. The summed E-state index contributed by atoms with van der Waals surface area (Å²) in [6, 6.07) is 5.57. The van der Waals surface area contributed by atoms with Crippen molar-refractivity contribution >= 4 is 10.9 Å². The van der Waals surface area contributed by atoms with Crippen LogP contribution >= 0.6 is 0 Å². The van der Waals surface area contributed by atoms with Crippen molar-refractivity contribution < 1.29 is 13.2 Å². The van der Waals surface area contributed by atoms with Crippen molar-refractivity contribution in [3.8, 4) is 0 Å². The molecule has 96 valence electrons. The van der Waals surface area contributed by atoms with E-state index in [9.17, 15) is 13.2 Å². The number of benzene rings is 1. The third kappa shape index (κ3) is 2.33. The molecule has 0 N–H and O–H groups in total. The van der Waals surface area contributed by atoms with Gasteiger partial charge in [0.05, 0.1) is 11.1 Å². The predicted molar refractivity (Wildman–Crippen MR) is 65.6 cm³/mol. The number of fused-ring (bicyclic) bond motifs is 1. The summed E-state index contributed by atoms with van der Waals surface area (Å²) in [6.45, 7) is 5.78. The fourth-order valence-corrected chi connectivity index (χ4v) is 2.04. The van der Waals surface area contributed by atoms with Gasteiger partial charge in [-0.2, -0.15) is 13.2 Å². The van der Waals surface area contributed by atoms with Crippen LogP contribution in [0.15, 0.2) is 24.3 Å². The average molecular weight is 253 g/mol. The lowest BCUT2D eigenvalue weighted by Crippen LogP contribution is -2.05. The average Bonchev–Trinajstić information content (AvgIpc) is 2.25. The minimum absolute atomic E-state index is 0.165. The van der Waals surface area contributed by atoms with Crippen LogP contribution in [-0.2, 0) is 6.18 Å². The third-order valence-electron chi connectivity index (χ3n) is 2.92. The second kappa shape index (κ2) is 4.26. The highest BCUT2D eigenvalue weighted by Gasteiger charge is 2.30. The van der Waals surface area contributed by atoms with Crippen molar-refractivity contribution in [1.29, 1.82) is 0 Å². The first-order chi connectivity index (χ1) is 8.29. The van der Waals surface area contributed by atoms with Crippen LogP contribution in [0.5, 0.6) is 0 Å². The van der Waals surface area contributed by atoms with Gasteiger partial charge in [0.25, 0.3) is 0 Å². The zero-order valence-electron chi connectivity index (χ0n) is 10.5. The van der Waals surface area contributed by atoms with Gasteiger partial charge in [-0.3, -0.25) is 4.98 Å². The van der Waals surface area contributed by atoms with Crippen LogP contribution in [0.2, 0.25) is 0 Å². The molecule has 0 unspecified atom stereocenters. The predicted octanol–water partition coefficient (Wildman–Crippen LogP) is 4.69. The molecule has 18 heavy (non-hydrogen) atoms. The highest BCUT2D eigenvalue weighted by molar-refractivity contribution is 5.83. The van der Waals surface area contributed by atoms with Gasteiger partial charge in [0.2, 0.25) is 0 Å². The minimum Gasteiger partial charge on any atom is -0.253 e. The van der Waals surface area contributed by atoms with Gasteiger partial charge in [-0.05, 0) is 42.7 Å². The number of rotatable bonds is 1. The molecule has 2 aromatic rings. The number of alkyl halides is 3. The molecule has 0 aliphatic rings. The molecule has 0 spiro atoms. The third-order valence-corrected chi connectivity index (χ3v) is 2.92. The van der Waals surface area contributed by atoms with E-state index < -0.39 is 11.7 Å². The van der Waals surface area contributed by atoms with Gasteiger partial charge >= 0.3 is 6.18 Å². The van der Waals surface area contributed by atoms with Gasteiger partial charge < -0.3 is 0 Å². The Morgan fingerprint density at radius 1 is 1.11 bits per heavy atom. The normalized spacial score (nSPS) is 12.4. The first-order valence-corrected chi connectivity index (χ1v) is 5.77. The maximum atomic E-state index is 12.7. The molecule has 0 atom stereocenters. The Hall–Kier alpha value is -1.58. The summed E-state index contributed by atoms with van der Waals surface area (Å²) in [4.78, 5) is 4.27. The van der Waals surface area contributed by atoms with Crippen LogP contribution in [0, 0.1) is 6.92 Å². The van der Waals surface area contributed by atoms with Gasteiger partial charge in [0, 0.05) is 11.1 Å². The van der Waals surface area contributed by atoms with Gasteiger partial charge in [-0.15, -0.1) is 0 Å². The van der Waals surface area contributed by atoms with Crippen molar-refractivity contribution in [2.24, 2.45) is 0 Å². The first-order valence-electron chi connectivity index (χ1n) is 5.77. The van der Waals surface area contributed by atoms with Crippen LogP contribution in [0.25, 0.3) is 10.9 Å². The Bertz CT molecular complexity index is 585. The number of nitrogens with zero attached hydrogens (tertiary/aromatic N) is 1. The Labute approximate surface area is 104 Å². The maximum Gasteiger partial charge on any atom is 0.416 e. The summed E-state index contributed by atoms with van der Waals surface area (Å²) in [5.74, 6) is 0.165. The topological polar surface area (TPSA) is 12.9 Å². The Morgan fingerprint density at radius 3 is 2.33 bits per heavy atom. The van der Waals surface area contributed by atoms with E-state index in [2.05, 4.69) is 4.98 Å². The van der Waals surface area contributed by atoms with E-state index >= 15 is 0 Å². The van der Waals surface area contributed by atoms with E-state index in [1.807, 2.05) is 26.8 Å². The van der Waals surface area contributed by atoms with Gasteiger partial charge in [-0.25, -0.2) is 0 Å². The molecule has 1 nitrogen and oxygen atoms in total. The lowest BCUT2D eigenvalue weighted by molar-refractivity contribution is -0.137. The summed E-state index contributed by atoms with van der Waals surface area (Å²) in [7, 11) is 0. The number of hydrogen-bond acceptors (Lipinski definition) is 1. The summed E-state index contributed by atoms with van der Waals surface area (Å²) < 4.78 is 38.1. The van der Waals surface area contributed by atoms with E-state index in [-0.39, 0.29) is 5.92 Å². The number of pyridine rings is 1. The molecule has 0 radical (unpaired) electrons. The molecular weight excluding hydrogens is 239 g/mol. The zero-order chi connectivity index (χ0) is 13.5.